The van der Waals surface area contributed by atoms with Crippen LogP contribution >= 0.6 is 0 Å². The molecular formula is C33H42BF3N3O2. The normalized spacial score (nSPS) is 13.0. The van der Waals surface area contributed by atoms with E-state index in [1.807, 2.05) is 72.1 Å². The fraction of sp³-hybridized carbons (Fsp3) is 0.364. The molecule has 1 saturated carbocycles. The molecule has 0 aliphatic heterocycles. The van der Waals surface area contributed by atoms with Gasteiger partial charge >= 0.3 is 183 Å². The number of halogens is 3. The average molecular weight is 581 g/mol. The third kappa shape index (κ3) is 12.0. The Labute approximate surface area is 250 Å². The molecule has 0 atom stereocenters. The predicted molar refractivity (Wildman–Crippen MR) is 169 cm³/mol. The van der Waals surface area contributed by atoms with Gasteiger partial charge in [-0.2, -0.15) is 0 Å². The summed E-state index contributed by atoms with van der Waals surface area (Å²) in [7, 11) is 10.1. The zero-order valence-electron chi connectivity index (χ0n) is 25.4. The molecule has 0 amide bonds. The summed E-state index contributed by atoms with van der Waals surface area (Å²) in [5.74, 6) is 2.41. The van der Waals surface area contributed by atoms with Crippen LogP contribution in [0.2, 0.25) is 0 Å². The number of carbonyl (C=O) groups is 2. The molecule has 1 radical (unpaired) electrons. The van der Waals surface area contributed by atoms with Crippen LogP contribution in [0.15, 0.2) is 60.7 Å². The van der Waals surface area contributed by atoms with Crippen LogP contribution in [0.5, 0.6) is 0 Å². The molecule has 5 nitrogen and oxygen atoms in total. The molecule has 0 heterocycles. The summed E-state index contributed by atoms with van der Waals surface area (Å²) in [6.07, 6.45) is 3.87. The van der Waals surface area contributed by atoms with Gasteiger partial charge in [-0.15, -0.1) is 6.42 Å². The van der Waals surface area contributed by atoms with E-state index < -0.39 is 17.3 Å². The van der Waals surface area contributed by atoms with Crippen molar-refractivity contribution in [3.63, 3.8) is 0 Å². The van der Waals surface area contributed by atoms with E-state index in [4.69, 9.17) is 23.5 Å². The second-order valence-corrected chi connectivity index (χ2v) is 9.12. The molecule has 1 fully saturated rings. The second kappa shape index (κ2) is 19.4. The van der Waals surface area contributed by atoms with Gasteiger partial charge in [0, 0.05) is 0 Å². The molecule has 3 N–H and O–H groups in total. The van der Waals surface area contributed by atoms with Gasteiger partial charge in [0.1, 0.15) is 0 Å². The second-order valence-electron chi connectivity index (χ2n) is 9.12. The summed E-state index contributed by atoms with van der Waals surface area (Å²) in [6, 6.07) is 12.0. The molecule has 3 rings (SSSR count). The van der Waals surface area contributed by atoms with Gasteiger partial charge in [-0.25, -0.2) is 0 Å². The first-order valence-corrected chi connectivity index (χ1v) is 13.6. The van der Waals surface area contributed by atoms with Crippen molar-refractivity contribution in [2.75, 3.05) is 20.6 Å². The Bertz CT molecular complexity index is 1250. The molecule has 0 unspecified atom stereocenters. The number of carbonyl (C=O) groups excluding carboxylic acids is 2. The Morgan fingerprint density at radius 3 is 2.10 bits per heavy atom. The number of allylic oxidation sites excluding steroid dienone is 3. The number of terminal acetylenes is 1. The summed E-state index contributed by atoms with van der Waals surface area (Å²) in [4.78, 5) is 17.6. The molecule has 1 aliphatic carbocycles. The quantitative estimate of drug-likeness (QED) is 0.113. The number of hydrogen-bond acceptors (Lipinski definition) is 5. The summed E-state index contributed by atoms with van der Waals surface area (Å²) in [5, 5.41) is 9.25. The van der Waals surface area contributed by atoms with Gasteiger partial charge in [0.2, 0.25) is 0 Å². The van der Waals surface area contributed by atoms with Crippen LogP contribution < -0.4 is 16.0 Å². The Morgan fingerprint density at radius 2 is 1.67 bits per heavy atom. The Balaban J connectivity index is 0.00000132. The zero-order chi connectivity index (χ0) is 32.3. The summed E-state index contributed by atoms with van der Waals surface area (Å²) in [5.41, 5.74) is 3.85. The number of benzene rings is 2. The summed E-state index contributed by atoms with van der Waals surface area (Å²) < 4.78 is 41.0. The molecule has 2 aromatic carbocycles. The standard InChI is InChI=1S/C25H27BF3N2.C4H7N.C2H2O2.C2H6/c1-5-16(2)17(3)19-12-20(14-21(13-19)25(27,28)29)24(10-11-24)31-23(26)22-9-7-6-8-18(22)15-30-4;1-3-4-5-2;3-1-2-4;1-2/h5-9,12-14,30-31H,1,10-11,15H2,2-4H3;1,5H,4H2,2H3;1-2H;1-2H3/b17-16+;;;. The molecule has 0 aromatic heterocycles. The molecule has 2 aromatic rings. The van der Waals surface area contributed by atoms with Crippen molar-refractivity contribution in [3.8, 4) is 12.3 Å². The van der Waals surface area contributed by atoms with E-state index in [0.29, 0.717) is 42.6 Å². The SMILES string of the molecule is C#CCNC.CC.O=CC=O.[B]=C(NC1(c2cc(/C(C)=C(\C)C=C)cc(C(F)(F)F)c2)CC1)c1ccccc1CNC. The Kier molecular flexibility index (Phi) is 17.7. The van der Waals surface area contributed by atoms with Crippen LogP contribution in [0.1, 0.15) is 68.4 Å². The van der Waals surface area contributed by atoms with E-state index in [9.17, 15) is 13.2 Å². The average Bonchev–Trinajstić information content (AvgIpc) is 3.78. The number of aldehydes is 2. The van der Waals surface area contributed by atoms with Crippen molar-refractivity contribution in [2.24, 2.45) is 0 Å². The monoisotopic (exact) mass is 580 g/mol. The predicted octanol–water partition coefficient (Wildman–Crippen LogP) is 5.58. The zero-order valence-corrected chi connectivity index (χ0v) is 25.4. The first-order chi connectivity index (χ1) is 19.9. The van der Waals surface area contributed by atoms with E-state index in [1.165, 1.54) is 12.1 Å². The van der Waals surface area contributed by atoms with Crippen molar-refractivity contribution in [1.29, 1.82) is 0 Å². The van der Waals surface area contributed by atoms with Crippen molar-refractivity contribution >= 4 is 31.2 Å². The van der Waals surface area contributed by atoms with Gasteiger partial charge in [0.25, 0.3) is 0 Å². The third-order valence-electron chi connectivity index (χ3n) is 6.28. The first-order valence-electron chi connectivity index (χ1n) is 13.6. The van der Waals surface area contributed by atoms with Crippen molar-refractivity contribution < 1.29 is 22.8 Å². The summed E-state index contributed by atoms with van der Waals surface area (Å²) >= 11 is 0. The summed E-state index contributed by atoms with van der Waals surface area (Å²) in [6.45, 7) is 12.7. The van der Waals surface area contributed by atoms with Crippen LogP contribution in [0.4, 0.5) is 13.2 Å². The molecular weight excluding hydrogens is 538 g/mol. The molecule has 225 valence electrons. The molecule has 1 aliphatic rings. The maximum absolute atomic E-state index is 13.7. The van der Waals surface area contributed by atoms with Crippen LogP contribution in [0.3, 0.4) is 0 Å². The molecule has 9 heteroatoms. The van der Waals surface area contributed by atoms with Gasteiger partial charge in [-0.1, -0.05) is 19.8 Å². The molecule has 0 saturated heterocycles. The topological polar surface area (TPSA) is 70.2 Å². The van der Waals surface area contributed by atoms with Crippen LogP contribution in [-0.4, -0.2) is 46.3 Å². The van der Waals surface area contributed by atoms with Crippen molar-refractivity contribution in [3.05, 3.63) is 88.5 Å². The van der Waals surface area contributed by atoms with Crippen LogP contribution in [0.25, 0.3) is 5.57 Å². The Hall–Kier alpha value is -3.74. The van der Waals surface area contributed by atoms with Gasteiger partial charge < -0.3 is 5.32 Å². The number of alkyl halides is 3. The first kappa shape index (κ1) is 38.3. The molecule has 0 spiro atoms. The van der Waals surface area contributed by atoms with E-state index in [0.717, 1.165) is 22.3 Å². The van der Waals surface area contributed by atoms with Gasteiger partial charge in [-0.3, -0.25) is 9.59 Å². The van der Waals surface area contributed by atoms with Crippen molar-refractivity contribution in [2.45, 2.75) is 58.8 Å². The number of nitrogens with one attached hydrogen (secondary N) is 3. The van der Waals surface area contributed by atoms with Gasteiger partial charge in [0.15, 0.2) is 12.6 Å². The van der Waals surface area contributed by atoms with Gasteiger partial charge in [-0.05, 0) is 7.05 Å². The minimum absolute atomic E-state index is 0.194. The molecule has 0 bridgehead atoms. The number of rotatable bonds is 10. The van der Waals surface area contributed by atoms with E-state index in [1.54, 1.807) is 6.08 Å². The maximum atomic E-state index is 13.7. The third-order valence-corrected chi connectivity index (χ3v) is 6.28. The van der Waals surface area contributed by atoms with Gasteiger partial charge in [0.05, 0.1) is 6.54 Å². The Morgan fingerprint density at radius 1 is 1.07 bits per heavy atom. The minimum atomic E-state index is -4.43. The fourth-order valence-corrected chi connectivity index (χ4v) is 3.83. The van der Waals surface area contributed by atoms with Crippen molar-refractivity contribution in [1.82, 2.24) is 16.0 Å². The van der Waals surface area contributed by atoms with E-state index in [-0.39, 0.29) is 12.6 Å². The van der Waals surface area contributed by atoms with Crippen LogP contribution in [-0.2, 0) is 27.8 Å². The fourth-order valence-electron chi connectivity index (χ4n) is 3.83. The van der Waals surface area contributed by atoms with E-state index >= 15 is 0 Å². The van der Waals surface area contributed by atoms with Crippen LogP contribution in [0, 0.1) is 12.3 Å². The number of hydrogen-bond donors (Lipinski definition) is 3. The van der Waals surface area contributed by atoms with E-state index in [2.05, 4.69) is 28.4 Å². The molecule has 42 heavy (non-hydrogen) atoms.